The quantitative estimate of drug-likeness (QED) is 0.161. The van der Waals surface area contributed by atoms with Gasteiger partial charge in [0.05, 0.1) is 0 Å². The number of rotatable bonds is 24. The zero-order chi connectivity index (χ0) is 25.9. The van der Waals surface area contributed by atoms with E-state index in [4.69, 9.17) is 50.3 Å². The van der Waals surface area contributed by atoms with Crippen molar-refractivity contribution in [3.05, 3.63) is 0 Å². The van der Waals surface area contributed by atoms with Crippen LogP contribution in [0.2, 0.25) is 0 Å². The molecular weight excluding hydrogens is 519 g/mol. The summed E-state index contributed by atoms with van der Waals surface area (Å²) in [4.78, 5) is 0. The van der Waals surface area contributed by atoms with Crippen LogP contribution in [0.3, 0.4) is 0 Å². The van der Waals surface area contributed by atoms with E-state index in [9.17, 15) is 0 Å². The molecule has 0 heterocycles. The van der Waals surface area contributed by atoms with E-state index < -0.39 is 42.3 Å². The van der Waals surface area contributed by atoms with Gasteiger partial charge in [-0.05, 0) is 62.3 Å². The summed E-state index contributed by atoms with van der Waals surface area (Å²) in [5, 5.41) is 0. The molecule has 0 unspecified atom stereocenters. The van der Waals surface area contributed by atoms with E-state index in [0.29, 0.717) is 59.5 Å². The van der Waals surface area contributed by atoms with Gasteiger partial charge in [0.15, 0.2) is 0 Å². The molecule has 0 aliphatic carbocycles. The van der Waals surface area contributed by atoms with Crippen LogP contribution in [0.4, 0.5) is 0 Å². The third-order valence-electron chi connectivity index (χ3n) is 3.61. The van der Waals surface area contributed by atoms with Crippen molar-refractivity contribution in [1.82, 2.24) is 0 Å². The molecule has 0 amide bonds. The van der Waals surface area contributed by atoms with Crippen molar-refractivity contribution in [1.29, 1.82) is 0 Å². The van der Waals surface area contributed by atoms with Crippen molar-refractivity contribution in [2.45, 2.75) is 62.3 Å². The maximum absolute atomic E-state index is 6.30. The summed E-state index contributed by atoms with van der Waals surface area (Å²) in [5.41, 5.74) is 0. The molecular formula is C18H45AlO12Si3. The van der Waals surface area contributed by atoms with Crippen LogP contribution in [0.1, 0.15) is 62.3 Å². The predicted octanol–water partition coefficient (Wildman–Crippen LogP) is 2.66. The number of hydrogen-bond donors (Lipinski definition) is 0. The molecule has 0 bridgehead atoms. The number of hydrogen-bond acceptors (Lipinski definition) is 12. The monoisotopic (exact) mass is 564 g/mol. The van der Waals surface area contributed by atoms with Crippen LogP contribution in [-0.4, -0.2) is 102 Å². The normalized spacial score (nSPS) is 13.0. The van der Waals surface area contributed by atoms with E-state index in [2.05, 4.69) is 0 Å². The molecule has 0 aromatic heterocycles. The van der Waals surface area contributed by atoms with Crippen LogP contribution >= 0.6 is 0 Å². The first kappa shape index (κ1) is 34.7. The lowest BCUT2D eigenvalue weighted by Gasteiger charge is -2.35. The van der Waals surface area contributed by atoms with Crippen molar-refractivity contribution < 1.29 is 50.3 Å². The van der Waals surface area contributed by atoms with Crippen molar-refractivity contribution in [2.24, 2.45) is 0 Å². The Morgan fingerprint density at radius 3 is 0.588 bits per heavy atom. The summed E-state index contributed by atoms with van der Waals surface area (Å²) >= 11 is -3.33. The lowest BCUT2D eigenvalue weighted by Crippen LogP contribution is -2.63. The Hall–Kier alpha value is 0.703. The average Bonchev–Trinajstić information content (AvgIpc) is 2.75. The van der Waals surface area contributed by atoms with Crippen LogP contribution in [0.5, 0.6) is 0 Å². The Morgan fingerprint density at radius 1 is 0.324 bits per heavy atom. The molecule has 0 fully saturated rings. The van der Waals surface area contributed by atoms with E-state index in [1.807, 2.05) is 62.3 Å². The molecule has 34 heavy (non-hydrogen) atoms. The highest BCUT2D eigenvalue weighted by Gasteiger charge is 2.63. The Morgan fingerprint density at radius 2 is 0.471 bits per heavy atom. The minimum atomic E-state index is -3.67. The fraction of sp³-hybridized carbons (Fsp3) is 1.00. The highest BCUT2D eigenvalue weighted by molar-refractivity contribution is 6.72. The zero-order valence-corrected chi connectivity index (χ0v) is 26.5. The molecule has 0 saturated carbocycles. The first-order valence-electron chi connectivity index (χ1n) is 12.1. The second-order valence-electron chi connectivity index (χ2n) is 6.04. The summed E-state index contributed by atoms with van der Waals surface area (Å²) in [5.74, 6) is 0. The SMILES string of the molecule is CCO[Si](OCC)(OCC)[O][Al]([O][Si](OCC)(OCC)OCC)[O][Si](OCC)(OCC)OCC. The standard InChI is InChI=1S/3C6H15O4Si.Al/c3*1-4-8-11(7,9-5-2)10-6-3;/h3*4-6H2,1-3H3;/q3*-1;+3. The van der Waals surface area contributed by atoms with Crippen molar-refractivity contribution in [3.8, 4) is 0 Å². The Bertz CT molecular complexity index is 379. The largest absolute Gasteiger partial charge is 0.886 e. The summed E-state index contributed by atoms with van der Waals surface area (Å²) in [6.07, 6.45) is 0. The molecule has 204 valence electrons. The smallest absolute Gasteiger partial charge is 0.434 e. The molecule has 0 N–H and O–H groups in total. The van der Waals surface area contributed by atoms with Gasteiger partial charge < -0.3 is 50.3 Å². The molecule has 16 heteroatoms. The second-order valence-corrected chi connectivity index (χ2v) is 15.0. The third kappa shape index (κ3) is 12.3. The molecule has 0 saturated heterocycles. The topological polar surface area (TPSA) is 111 Å². The van der Waals surface area contributed by atoms with Crippen LogP contribution < -0.4 is 0 Å². The lowest BCUT2D eigenvalue weighted by atomic mass is 10.9. The minimum absolute atomic E-state index is 0.295. The molecule has 0 rings (SSSR count). The Balaban J connectivity index is 6.41. The van der Waals surface area contributed by atoms with E-state index in [0.717, 1.165) is 0 Å². The fourth-order valence-corrected chi connectivity index (χ4v) is 13.8. The molecule has 0 aliphatic heterocycles. The van der Waals surface area contributed by atoms with Crippen LogP contribution in [0, 0.1) is 0 Å². The minimum Gasteiger partial charge on any atom is -0.434 e. The van der Waals surface area contributed by atoms with Crippen LogP contribution in [0.25, 0.3) is 0 Å². The highest BCUT2D eigenvalue weighted by Crippen LogP contribution is 2.23. The van der Waals surface area contributed by atoms with Gasteiger partial charge in [0.25, 0.3) is 0 Å². The van der Waals surface area contributed by atoms with Gasteiger partial charge in [-0.2, -0.15) is 0 Å². The molecule has 0 aromatic rings. The predicted molar refractivity (Wildman–Crippen MR) is 131 cm³/mol. The highest BCUT2D eigenvalue weighted by atomic mass is 28.4. The lowest BCUT2D eigenvalue weighted by molar-refractivity contribution is -0.0439. The van der Waals surface area contributed by atoms with Crippen molar-refractivity contribution in [2.75, 3.05) is 59.5 Å². The maximum atomic E-state index is 6.30. The second kappa shape index (κ2) is 19.8. The van der Waals surface area contributed by atoms with Gasteiger partial charge in [0, 0.05) is 59.5 Å². The Kier molecular flexibility index (Phi) is 20.2. The van der Waals surface area contributed by atoms with Gasteiger partial charge in [-0.15, -0.1) is 0 Å². The third-order valence-corrected chi connectivity index (χ3v) is 15.2. The van der Waals surface area contributed by atoms with Gasteiger partial charge in [-0.1, -0.05) is 0 Å². The van der Waals surface area contributed by atoms with Gasteiger partial charge in [0.1, 0.15) is 0 Å². The van der Waals surface area contributed by atoms with Crippen LogP contribution in [-0.2, 0) is 50.3 Å². The van der Waals surface area contributed by atoms with Gasteiger partial charge in [-0.25, -0.2) is 0 Å². The van der Waals surface area contributed by atoms with Crippen molar-refractivity contribution >= 4 is 42.3 Å². The van der Waals surface area contributed by atoms with E-state index in [1.54, 1.807) is 0 Å². The van der Waals surface area contributed by atoms with E-state index in [1.165, 1.54) is 0 Å². The molecule has 0 aromatic carbocycles. The van der Waals surface area contributed by atoms with Gasteiger partial charge >= 0.3 is 42.3 Å². The average molecular weight is 565 g/mol. The van der Waals surface area contributed by atoms with E-state index >= 15 is 0 Å². The Labute approximate surface area is 214 Å². The zero-order valence-electron chi connectivity index (χ0n) is 22.3. The first-order valence-corrected chi connectivity index (χ1v) is 18.4. The van der Waals surface area contributed by atoms with Crippen molar-refractivity contribution in [3.63, 3.8) is 0 Å². The molecule has 0 radical (unpaired) electrons. The van der Waals surface area contributed by atoms with Gasteiger partial charge in [0.2, 0.25) is 0 Å². The summed E-state index contributed by atoms with van der Waals surface area (Å²) in [7, 11) is -11.0. The summed E-state index contributed by atoms with van der Waals surface area (Å²) < 4.78 is 71.7. The maximum Gasteiger partial charge on any atom is 0.886 e. The van der Waals surface area contributed by atoms with E-state index in [-0.39, 0.29) is 0 Å². The molecule has 0 atom stereocenters. The molecule has 0 spiro atoms. The van der Waals surface area contributed by atoms with Crippen LogP contribution in [0.15, 0.2) is 0 Å². The molecule has 0 aliphatic rings. The summed E-state index contributed by atoms with van der Waals surface area (Å²) in [6.45, 7) is 19.0. The molecule has 12 nitrogen and oxygen atoms in total. The fourth-order valence-electron chi connectivity index (χ4n) is 2.70. The summed E-state index contributed by atoms with van der Waals surface area (Å²) in [6, 6.07) is 0. The van der Waals surface area contributed by atoms with Gasteiger partial charge in [-0.3, -0.25) is 0 Å². The first-order chi connectivity index (χ1) is 16.3.